The van der Waals surface area contributed by atoms with Crippen LogP contribution in [0.4, 0.5) is 11.4 Å². The molecule has 0 radical (unpaired) electrons. The Labute approximate surface area is 155 Å². The summed E-state index contributed by atoms with van der Waals surface area (Å²) in [6.07, 6.45) is 5.27. The third-order valence-corrected chi connectivity index (χ3v) is 5.72. The number of nitrogens with zero attached hydrogens (tertiary/aromatic N) is 1. The number of nitro groups is 1. The lowest BCUT2D eigenvalue weighted by Crippen LogP contribution is -2.29. The van der Waals surface area contributed by atoms with Gasteiger partial charge in [-0.1, -0.05) is 35.4 Å². The number of nitro benzene ring substituents is 1. The fourth-order valence-electron chi connectivity index (χ4n) is 4.03. The first-order valence-corrected chi connectivity index (χ1v) is 8.88. The van der Waals surface area contributed by atoms with E-state index in [1.165, 1.54) is 11.6 Å². The fourth-order valence-corrected chi connectivity index (χ4v) is 4.55. The van der Waals surface area contributed by atoms with E-state index < -0.39 is 0 Å². The van der Waals surface area contributed by atoms with E-state index in [0.717, 1.165) is 28.3 Å². The van der Waals surface area contributed by atoms with Gasteiger partial charge in [-0.25, -0.2) is 0 Å². The number of allylic oxidation sites excluding steroid dienone is 2. The van der Waals surface area contributed by atoms with Crippen LogP contribution in [0.2, 0.25) is 10.0 Å². The normalized spacial score (nSPS) is 23.7. The highest BCUT2D eigenvalue weighted by atomic mass is 35.5. The summed E-state index contributed by atoms with van der Waals surface area (Å²) in [6.45, 7) is 2.02. The molecule has 2 aromatic carbocycles. The van der Waals surface area contributed by atoms with Gasteiger partial charge in [0.25, 0.3) is 5.69 Å². The summed E-state index contributed by atoms with van der Waals surface area (Å²) < 4.78 is 0. The van der Waals surface area contributed by atoms with E-state index in [2.05, 4.69) is 17.5 Å². The summed E-state index contributed by atoms with van der Waals surface area (Å²) in [5.74, 6) is 0.485. The molecule has 0 unspecified atom stereocenters. The van der Waals surface area contributed by atoms with Crippen LogP contribution in [0.5, 0.6) is 0 Å². The molecular formula is C19H16Cl2N2O2. The van der Waals surface area contributed by atoms with Crippen molar-refractivity contribution in [2.75, 3.05) is 5.32 Å². The minimum absolute atomic E-state index is 0.0577. The number of nitrogens with one attached hydrogen (secondary N) is 1. The number of rotatable bonds is 2. The van der Waals surface area contributed by atoms with Gasteiger partial charge < -0.3 is 5.32 Å². The zero-order valence-electron chi connectivity index (χ0n) is 13.5. The molecule has 0 aromatic heterocycles. The van der Waals surface area contributed by atoms with Crippen LogP contribution in [0.25, 0.3) is 0 Å². The molecule has 3 atom stereocenters. The quantitative estimate of drug-likeness (QED) is 0.396. The SMILES string of the molecule is Cc1cc(Cl)cc2c1N[C@H](c1cc([N+](=O)[O-])ccc1Cl)[C@H]1CC=C[C@H]21. The molecule has 6 heteroatoms. The molecule has 0 saturated carbocycles. The van der Waals surface area contributed by atoms with Crippen molar-refractivity contribution in [3.05, 3.63) is 79.3 Å². The van der Waals surface area contributed by atoms with Crippen molar-refractivity contribution in [1.29, 1.82) is 0 Å². The van der Waals surface area contributed by atoms with E-state index >= 15 is 0 Å². The summed E-state index contributed by atoms with van der Waals surface area (Å²) in [4.78, 5) is 10.8. The molecule has 128 valence electrons. The molecule has 0 spiro atoms. The van der Waals surface area contributed by atoms with Gasteiger partial charge >= 0.3 is 0 Å². The largest absolute Gasteiger partial charge is 0.377 e. The van der Waals surface area contributed by atoms with Crippen LogP contribution in [-0.4, -0.2) is 4.92 Å². The van der Waals surface area contributed by atoms with Gasteiger partial charge in [0.05, 0.1) is 11.0 Å². The van der Waals surface area contributed by atoms with Gasteiger partial charge in [0, 0.05) is 39.3 Å². The third kappa shape index (κ3) is 2.70. The summed E-state index contributed by atoms with van der Waals surface area (Å²) >= 11 is 12.7. The maximum absolute atomic E-state index is 11.2. The van der Waals surface area contributed by atoms with Crippen LogP contribution in [-0.2, 0) is 0 Å². The molecule has 25 heavy (non-hydrogen) atoms. The van der Waals surface area contributed by atoms with Crippen molar-refractivity contribution in [3.63, 3.8) is 0 Å². The first-order chi connectivity index (χ1) is 12.0. The lowest BCUT2D eigenvalue weighted by Gasteiger charge is -2.38. The minimum Gasteiger partial charge on any atom is -0.377 e. The zero-order valence-corrected chi connectivity index (χ0v) is 15.0. The average molecular weight is 375 g/mol. The highest BCUT2D eigenvalue weighted by Gasteiger charge is 2.39. The summed E-state index contributed by atoms with van der Waals surface area (Å²) in [5, 5.41) is 16.0. The van der Waals surface area contributed by atoms with E-state index in [1.54, 1.807) is 12.1 Å². The zero-order chi connectivity index (χ0) is 17.7. The second kappa shape index (κ2) is 6.04. The molecule has 4 nitrogen and oxygen atoms in total. The molecule has 0 amide bonds. The lowest BCUT2D eigenvalue weighted by molar-refractivity contribution is -0.384. The number of anilines is 1. The molecule has 0 bridgehead atoms. The molecule has 1 aliphatic heterocycles. The van der Waals surface area contributed by atoms with E-state index in [9.17, 15) is 10.1 Å². The summed E-state index contributed by atoms with van der Waals surface area (Å²) in [7, 11) is 0. The second-order valence-corrected chi connectivity index (χ2v) is 7.47. The first kappa shape index (κ1) is 16.4. The van der Waals surface area contributed by atoms with Crippen molar-refractivity contribution in [2.45, 2.75) is 25.3 Å². The van der Waals surface area contributed by atoms with E-state index in [0.29, 0.717) is 5.02 Å². The van der Waals surface area contributed by atoms with Gasteiger partial charge in [-0.15, -0.1) is 0 Å². The number of hydrogen-bond acceptors (Lipinski definition) is 3. The number of fused-ring (bicyclic) bond motifs is 3. The molecule has 1 N–H and O–H groups in total. The van der Waals surface area contributed by atoms with Gasteiger partial charge in [-0.2, -0.15) is 0 Å². The first-order valence-electron chi connectivity index (χ1n) is 8.13. The number of non-ortho nitro benzene ring substituents is 1. The van der Waals surface area contributed by atoms with Crippen molar-refractivity contribution >= 4 is 34.6 Å². The molecule has 2 aromatic rings. The Morgan fingerprint density at radius 3 is 2.76 bits per heavy atom. The molecule has 1 heterocycles. The van der Waals surface area contributed by atoms with Crippen LogP contribution in [0.15, 0.2) is 42.5 Å². The van der Waals surface area contributed by atoms with Crippen LogP contribution in [0, 0.1) is 23.0 Å². The molecule has 1 aliphatic carbocycles. The van der Waals surface area contributed by atoms with E-state index in [-0.39, 0.29) is 28.5 Å². The fraction of sp³-hybridized carbons (Fsp3) is 0.263. The van der Waals surface area contributed by atoms with Crippen LogP contribution < -0.4 is 5.32 Å². The Balaban J connectivity index is 1.85. The van der Waals surface area contributed by atoms with Crippen molar-refractivity contribution in [2.24, 2.45) is 5.92 Å². The minimum atomic E-state index is -0.383. The van der Waals surface area contributed by atoms with Gasteiger partial charge in [0.1, 0.15) is 0 Å². The monoisotopic (exact) mass is 374 g/mol. The topological polar surface area (TPSA) is 55.2 Å². The Kier molecular flexibility index (Phi) is 3.97. The van der Waals surface area contributed by atoms with Gasteiger partial charge in [-0.3, -0.25) is 10.1 Å². The van der Waals surface area contributed by atoms with Crippen LogP contribution in [0.1, 0.15) is 35.1 Å². The molecular weight excluding hydrogens is 359 g/mol. The number of benzene rings is 2. The average Bonchev–Trinajstić information content (AvgIpc) is 3.05. The van der Waals surface area contributed by atoms with Crippen molar-refractivity contribution < 1.29 is 4.92 Å². The van der Waals surface area contributed by atoms with Crippen molar-refractivity contribution in [3.8, 4) is 0 Å². The highest BCUT2D eigenvalue weighted by Crippen LogP contribution is 2.52. The maximum Gasteiger partial charge on any atom is 0.269 e. The Morgan fingerprint density at radius 2 is 2.00 bits per heavy atom. The highest BCUT2D eigenvalue weighted by molar-refractivity contribution is 6.31. The predicted molar refractivity (Wildman–Crippen MR) is 101 cm³/mol. The van der Waals surface area contributed by atoms with E-state index in [4.69, 9.17) is 23.2 Å². The number of halogens is 2. The third-order valence-electron chi connectivity index (χ3n) is 5.16. The van der Waals surface area contributed by atoms with Crippen LogP contribution in [0.3, 0.4) is 0 Å². The molecule has 4 rings (SSSR count). The standard InChI is InChI=1S/C19H16Cl2N2O2/c1-10-7-11(20)8-15-13-3-2-4-14(13)19(22-18(10)15)16-9-12(23(24)25)5-6-17(16)21/h2-3,5-9,13-14,19,22H,4H2,1H3/t13-,14-,19-/m0/s1. The number of hydrogen-bond donors (Lipinski definition) is 1. The summed E-state index contributed by atoms with van der Waals surface area (Å²) in [6, 6.07) is 8.50. The Morgan fingerprint density at radius 1 is 1.20 bits per heavy atom. The van der Waals surface area contributed by atoms with Crippen LogP contribution >= 0.6 is 23.2 Å². The molecule has 2 aliphatic rings. The molecule has 0 saturated heterocycles. The number of aryl methyl sites for hydroxylation is 1. The van der Waals surface area contributed by atoms with E-state index in [1.807, 2.05) is 19.1 Å². The lowest BCUT2D eigenvalue weighted by atomic mass is 9.76. The Hall–Kier alpha value is -2.04. The van der Waals surface area contributed by atoms with Gasteiger partial charge in [0.15, 0.2) is 0 Å². The maximum atomic E-state index is 11.2. The molecule has 0 fully saturated rings. The Bertz CT molecular complexity index is 911. The van der Waals surface area contributed by atoms with Crippen molar-refractivity contribution in [1.82, 2.24) is 0 Å². The van der Waals surface area contributed by atoms with Gasteiger partial charge in [-0.05, 0) is 48.6 Å². The second-order valence-electron chi connectivity index (χ2n) is 6.63. The van der Waals surface area contributed by atoms with Gasteiger partial charge in [0.2, 0.25) is 0 Å². The summed E-state index contributed by atoms with van der Waals surface area (Å²) in [5.41, 5.74) is 4.12. The predicted octanol–water partition coefficient (Wildman–Crippen LogP) is 6.04. The smallest absolute Gasteiger partial charge is 0.269 e.